The van der Waals surface area contributed by atoms with Crippen molar-refractivity contribution in [2.45, 2.75) is 12.5 Å². The zero-order valence-corrected chi connectivity index (χ0v) is 8.04. The van der Waals surface area contributed by atoms with Gasteiger partial charge in [0.1, 0.15) is 5.56 Å². The van der Waals surface area contributed by atoms with Crippen molar-refractivity contribution in [2.75, 3.05) is 0 Å². The molecule has 0 saturated heterocycles. The first-order chi connectivity index (χ1) is 8.00. The van der Waals surface area contributed by atoms with Gasteiger partial charge in [-0.2, -0.15) is 13.2 Å². The number of nitrogens with zero attached hydrogens (tertiary/aromatic N) is 2. The van der Waals surface area contributed by atoms with E-state index in [0.717, 1.165) is 0 Å². The first-order valence-electron chi connectivity index (χ1n) is 3.98. The van der Waals surface area contributed by atoms with Crippen LogP contribution in [0.25, 0.3) is 0 Å². The minimum atomic E-state index is -5.36. The zero-order chi connectivity index (χ0) is 14.1. The number of rotatable bonds is 2. The summed E-state index contributed by atoms with van der Waals surface area (Å²) in [7, 11) is 0. The summed E-state index contributed by atoms with van der Waals surface area (Å²) in [6, 6.07) is -0.138. The molecule has 0 spiro atoms. The van der Waals surface area contributed by atoms with Gasteiger partial charge in [-0.1, -0.05) is 0 Å². The highest BCUT2D eigenvalue weighted by Gasteiger charge is 2.41. The SMILES string of the molecule is O=[N+]([O-])c1cc(C(F)(F)F)c(OC(F)(F)F)cn1. The van der Waals surface area contributed by atoms with Gasteiger partial charge in [0.05, 0.1) is 6.07 Å². The molecule has 0 aliphatic heterocycles. The molecule has 0 aliphatic rings. The van der Waals surface area contributed by atoms with E-state index in [2.05, 4.69) is 9.72 Å². The van der Waals surface area contributed by atoms with Crippen LogP contribution in [0.4, 0.5) is 32.2 Å². The van der Waals surface area contributed by atoms with Gasteiger partial charge in [0.25, 0.3) is 0 Å². The van der Waals surface area contributed by atoms with Crippen LogP contribution < -0.4 is 4.74 Å². The Morgan fingerprint density at radius 3 is 2.17 bits per heavy atom. The van der Waals surface area contributed by atoms with E-state index in [1.165, 1.54) is 0 Å². The first kappa shape index (κ1) is 14.0. The second kappa shape index (κ2) is 4.31. The highest BCUT2D eigenvalue weighted by atomic mass is 19.4. The quantitative estimate of drug-likeness (QED) is 0.473. The van der Waals surface area contributed by atoms with Crippen molar-refractivity contribution < 1.29 is 36.0 Å². The summed E-state index contributed by atoms with van der Waals surface area (Å²) < 4.78 is 75.6. The predicted octanol–water partition coefficient (Wildman–Crippen LogP) is 2.91. The molecular weight excluding hydrogens is 274 g/mol. The van der Waals surface area contributed by atoms with E-state index in [1.54, 1.807) is 0 Å². The van der Waals surface area contributed by atoms with Crippen LogP contribution in [0.2, 0.25) is 0 Å². The topological polar surface area (TPSA) is 65.3 Å². The van der Waals surface area contributed by atoms with Crippen molar-refractivity contribution in [1.29, 1.82) is 0 Å². The lowest BCUT2D eigenvalue weighted by molar-refractivity contribution is -0.389. The average molecular weight is 276 g/mol. The Bertz CT molecular complexity index is 469. The molecule has 18 heavy (non-hydrogen) atoms. The number of alkyl halides is 6. The molecule has 100 valence electrons. The fraction of sp³-hybridized carbons (Fsp3) is 0.286. The molecule has 0 amide bonds. The van der Waals surface area contributed by atoms with Gasteiger partial charge in [-0.25, -0.2) is 0 Å². The average Bonchev–Trinajstić information content (AvgIpc) is 2.13. The Hall–Kier alpha value is -2.07. The van der Waals surface area contributed by atoms with Crippen molar-refractivity contribution in [1.82, 2.24) is 4.98 Å². The minimum Gasteiger partial charge on any atom is -0.401 e. The van der Waals surface area contributed by atoms with Crippen LogP contribution in [0.15, 0.2) is 12.3 Å². The maximum Gasteiger partial charge on any atom is 0.573 e. The Morgan fingerprint density at radius 1 is 1.22 bits per heavy atom. The van der Waals surface area contributed by atoms with Gasteiger partial charge < -0.3 is 14.9 Å². The third-order valence-electron chi connectivity index (χ3n) is 1.57. The molecule has 1 rings (SSSR count). The summed E-state index contributed by atoms with van der Waals surface area (Å²) in [4.78, 5) is 11.7. The van der Waals surface area contributed by atoms with Crippen LogP contribution in [0, 0.1) is 10.1 Å². The molecule has 0 N–H and O–H groups in total. The lowest BCUT2D eigenvalue weighted by atomic mass is 10.2. The van der Waals surface area contributed by atoms with E-state index in [-0.39, 0.29) is 12.3 Å². The third kappa shape index (κ3) is 3.46. The largest absolute Gasteiger partial charge is 0.573 e. The molecule has 0 fully saturated rings. The standard InChI is InChI=1S/C7H2F6N2O3/c8-6(9,10)3-1-5(15(16)17)14-2-4(3)18-7(11,12)13/h1-2H. The molecule has 0 radical (unpaired) electrons. The maximum absolute atomic E-state index is 12.4. The van der Waals surface area contributed by atoms with E-state index in [9.17, 15) is 36.5 Å². The van der Waals surface area contributed by atoms with Gasteiger partial charge in [-0.05, 0) is 9.91 Å². The van der Waals surface area contributed by atoms with Crippen LogP contribution in [0.5, 0.6) is 5.75 Å². The molecule has 0 bridgehead atoms. The third-order valence-corrected chi connectivity index (χ3v) is 1.57. The van der Waals surface area contributed by atoms with Gasteiger partial charge in [-0.15, -0.1) is 13.2 Å². The van der Waals surface area contributed by atoms with Crippen molar-refractivity contribution in [2.24, 2.45) is 0 Å². The van der Waals surface area contributed by atoms with Gasteiger partial charge in [0.2, 0.25) is 0 Å². The zero-order valence-electron chi connectivity index (χ0n) is 8.04. The van der Waals surface area contributed by atoms with E-state index in [4.69, 9.17) is 0 Å². The molecule has 1 heterocycles. The summed E-state index contributed by atoms with van der Waals surface area (Å²) in [5.41, 5.74) is -1.93. The van der Waals surface area contributed by atoms with Crippen LogP contribution in [0.3, 0.4) is 0 Å². The number of ether oxygens (including phenoxy) is 1. The Morgan fingerprint density at radius 2 is 1.78 bits per heavy atom. The van der Waals surface area contributed by atoms with E-state index < -0.39 is 34.6 Å². The summed E-state index contributed by atoms with van der Waals surface area (Å²) in [5.74, 6) is -2.89. The second-order valence-corrected chi connectivity index (χ2v) is 2.84. The Kier molecular flexibility index (Phi) is 3.35. The van der Waals surface area contributed by atoms with Crippen LogP contribution in [-0.4, -0.2) is 16.3 Å². The first-order valence-corrected chi connectivity index (χ1v) is 3.98. The smallest absolute Gasteiger partial charge is 0.401 e. The predicted molar refractivity (Wildman–Crippen MR) is 42.6 cm³/mol. The van der Waals surface area contributed by atoms with E-state index in [1.807, 2.05) is 0 Å². The normalized spacial score (nSPS) is 12.3. The molecule has 1 aromatic heterocycles. The molecule has 0 unspecified atom stereocenters. The molecule has 0 aromatic carbocycles. The number of nitro groups is 1. The summed E-state index contributed by atoms with van der Waals surface area (Å²) in [6.45, 7) is 0. The number of hydrogen-bond acceptors (Lipinski definition) is 4. The minimum absolute atomic E-state index is 0.00551. The molecule has 0 saturated carbocycles. The molecule has 1 aromatic rings. The van der Waals surface area contributed by atoms with Crippen molar-refractivity contribution in [3.05, 3.63) is 27.9 Å². The van der Waals surface area contributed by atoms with Crippen LogP contribution >= 0.6 is 0 Å². The van der Waals surface area contributed by atoms with Crippen LogP contribution in [-0.2, 0) is 6.18 Å². The summed E-state index contributed by atoms with van der Waals surface area (Å²) >= 11 is 0. The molecule has 11 heteroatoms. The Labute approximate surface area is 94.1 Å². The van der Waals surface area contributed by atoms with Crippen LogP contribution in [0.1, 0.15) is 5.56 Å². The van der Waals surface area contributed by atoms with Gasteiger partial charge in [0, 0.05) is 0 Å². The summed E-state index contributed by atoms with van der Waals surface area (Å²) in [5, 5.41) is 10.2. The number of aromatic nitrogens is 1. The Balaban J connectivity index is 3.30. The molecule has 5 nitrogen and oxygen atoms in total. The number of hydrogen-bond donors (Lipinski definition) is 0. The van der Waals surface area contributed by atoms with Gasteiger partial charge in [0.15, 0.2) is 11.9 Å². The lowest BCUT2D eigenvalue weighted by Crippen LogP contribution is -2.20. The second-order valence-electron chi connectivity index (χ2n) is 2.84. The number of halogens is 6. The van der Waals surface area contributed by atoms with Crippen molar-refractivity contribution in [3.8, 4) is 5.75 Å². The van der Waals surface area contributed by atoms with Crippen molar-refractivity contribution >= 4 is 5.82 Å². The summed E-state index contributed by atoms with van der Waals surface area (Å²) in [6.07, 6.45) is -10.6. The van der Waals surface area contributed by atoms with E-state index in [0.29, 0.717) is 0 Å². The molecule has 0 aliphatic carbocycles. The molecular formula is C7H2F6N2O3. The molecule has 0 atom stereocenters. The highest BCUT2D eigenvalue weighted by molar-refractivity contribution is 5.39. The van der Waals surface area contributed by atoms with Gasteiger partial charge >= 0.3 is 18.4 Å². The van der Waals surface area contributed by atoms with Crippen molar-refractivity contribution in [3.63, 3.8) is 0 Å². The highest BCUT2D eigenvalue weighted by Crippen LogP contribution is 2.39. The fourth-order valence-corrected chi connectivity index (χ4v) is 0.959. The fourth-order valence-electron chi connectivity index (χ4n) is 0.959. The monoisotopic (exact) mass is 276 g/mol. The van der Waals surface area contributed by atoms with E-state index >= 15 is 0 Å². The number of pyridine rings is 1. The lowest BCUT2D eigenvalue weighted by Gasteiger charge is -2.13. The maximum atomic E-state index is 12.4. The van der Waals surface area contributed by atoms with Gasteiger partial charge in [-0.3, -0.25) is 0 Å².